The monoisotopic (exact) mass is 433 g/mol. The van der Waals surface area contributed by atoms with Crippen molar-refractivity contribution < 1.29 is 9.53 Å². The first-order chi connectivity index (χ1) is 15.5. The third-order valence-corrected chi connectivity index (χ3v) is 6.43. The second kappa shape index (κ2) is 8.14. The first-order valence-electron chi connectivity index (χ1n) is 10.9. The molecule has 3 heterocycles. The zero-order valence-electron chi connectivity index (χ0n) is 18.3. The number of aromatic nitrogens is 5. The standard InChI is InChI=1S/C23H27N7O2/c1-13(31)25-11-14-6-8-15(9-7-14)23-29-20(21-22(24)26-12-27-30(21)23)17-10-16-4-3-5-18(32-2)19(16)28-17/h3-5,10,12,14-15,28H,6-9,11H2,1-2H3,(H,25,31)(H2,24,26,27)/t14-,15-. The summed E-state index contributed by atoms with van der Waals surface area (Å²) in [6, 6.07) is 7.98. The van der Waals surface area contributed by atoms with Crippen molar-refractivity contribution in [2.24, 2.45) is 5.92 Å². The molecule has 1 aliphatic rings. The number of rotatable bonds is 5. The van der Waals surface area contributed by atoms with Gasteiger partial charge in [-0.25, -0.2) is 14.5 Å². The van der Waals surface area contributed by atoms with Gasteiger partial charge in [-0.15, -0.1) is 0 Å². The quantitative estimate of drug-likeness (QED) is 0.444. The lowest BCUT2D eigenvalue weighted by atomic mass is 9.81. The first-order valence-corrected chi connectivity index (χ1v) is 10.9. The number of hydrogen-bond donors (Lipinski definition) is 3. The topological polar surface area (TPSA) is 123 Å². The Bertz CT molecular complexity index is 1280. The number of nitrogens with one attached hydrogen (secondary N) is 2. The third kappa shape index (κ3) is 3.53. The Balaban J connectivity index is 1.52. The van der Waals surface area contributed by atoms with Crippen LogP contribution in [0.2, 0.25) is 0 Å². The summed E-state index contributed by atoms with van der Waals surface area (Å²) in [4.78, 5) is 23.9. The lowest BCUT2D eigenvalue weighted by molar-refractivity contribution is -0.119. The zero-order chi connectivity index (χ0) is 22.2. The van der Waals surface area contributed by atoms with Gasteiger partial charge < -0.3 is 20.8 Å². The van der Waals surface area contributed by atoms with Crippen molar-refractivity contribution in [1.82, 2.24) is 29.9 Å². The summed E-state index contributed by atoms with van der Waals surface area (Å²) in [6.45, 7) is 2.30. The van der Waals surface area contributed by atoms with E-state index in [-0.39, 0.29) is 11.8 Å². The van der Waals surface area contributed by atoms with Crippen molar-refractivity contribution in [2.45, 2.75) is 38.5 Å². The van der Waals surface area contributed by atoms with Crippen LogP contribution in [0.4, 0.5) is 5.82 Å². The maximum Gasteiger partial charge on any atom is 0.216 e. The van der Waals surface area contributed by atoms with Crippen molar-refractivity contribution in [3.8, 4) is 17.1 Å². The van der Waals surface area contributed by atoms with E-state index in [2.05, 4.69) is 26.4 Å². The highest BCUT2D eigenvalue weighted by Gasteiger charge is 2.28. The molecule has 1 aromatic carbocycles. The predicted molar refractivity (Wildman–Crippen MR) is 122 cm³/mol. The molecule has 1 aliphatic carbocycles. The number of nitrogen functional groups attached to an aromatic ring is 1. The minimum atomic E-state index is 0.0261. The summed E-state index contributed by atoms with van der Waals surface area (Å²) in [5.74, 6) is 2.89. The maximum atomic E-state index is 11.2. The van der Waals surface area contributed by atoms with Crippen LogP contribution < -0.4 is 15.8 Å². The molecule has 0 aliphatic heterocycles. The van der Waals surface area contributed by atoms with Crippen LogP contribution in [0.1, 0.15) is 44.3 Å². The smallest absolute Gasteiger partial charge is 0.216 e. The predicted octanol–water partition coefficient (Wildman–Crippen LogP) is 3.27. The van der Waals surface area contributed by atoms with Crippen LogP contribution in [0.25, 0.3) is 27.8 Å². The van der Waals surface area contributed by atoms with E-state index in [0.29, 0.717) is 17.3 Å². The van der Waals surface area contributed by atoms with Gasteiger partial charge in [0, 0.05) is 24.8 Å². The Labute approximate surface area is 185 Å². The number of nitrogens with zero attached hydrogens (tertiary/aromatic N) is 4. The summed E-state index contributed by atoms with van der Waals surface area (Å²) >= 11 is 0. The van der Waals surface area contributed by atoms with Crippen molar-refractivity contribution in [3.05, 3.63) is 36.4 Å². The first kappa shape index (κ1) is 20.3. The molecule has 1 fully saturated rings. The highest BCUT2D eigenvalue weighted by Crippen LogP contribution is 2.39. The number of carbonyl (C=O) groups is 1. The molecule has 3 aromatic heterocycles. The number of para-hydroxylation sites is 1. The molecule has 1 saturated carbocycles. The van der Waals surface area contributed by atoms with Crippen molar-refractivity contribution in [1.29, 1.82) is 0 Å². The number of anilines is 1. The third-order valence-electron chi connectivity index (χ3n) is 6.43. The van der Waals surface area contributed by atoms with Gasteiger partial charge in [0.05, 0.1) is 18.3 Å². The largest absolute Gasteiger partial charge is 0.495 e. The van der Waals surface area contributed by atoms with Gasteiger partial charge in [-0.2, -0.15) is 5.10 Å². The average Bonchev–Trinajstić information content (AvgIpc) is 3.40. The molecule has 166 valence electrons. The summed E-state index contributed by atoms with van der Waals surface area (Å²) in [6.07, 6.45) is 5.55. The normalized spacial score (nSPS) is 18.8. The Hall–Kier alpha value is -3.62. The number of benzene rings is 1. The number of ether oxygens (including phenoxy) is 1. The van der Waals surface area contributed by atoms with Crippen LogP contribution in [-0.2, 0) is 4.79 Å². The van der Waals surface area contributed by atoms with Crippen LogP contribution in [0.5, 0.6) is 5.75 Å². The SMILES string of the molecule is COc1cccc2cc(-c3nc([C@H]4CC[C@H](CNC(C)=O)CC4)n4ncnc(N)c34)[nH]c12. The van der Waals surface area contributed by atoms with E-state index in [9.17, 15) is 4.79 Å². The summed E-state index contributed by atoms with van der Waals surface area (Å²) in [5.41, 5.74) is 9.52. The van der Waals surface area contributed by atoms with E-state index in [4.69, 9.17) is 15.5 Å². The average molecular weight is 434 g/mol. The number of aromatic amines is 1. The molecule has 9 nitrogen and oxygen atoms in total. The molecule has 4 N–H and O–H groups in total. The van der Waals surface area contributed by atoms with Crippen LogP contribution in [0.3, 0.4) is 0 Å². The molecule has 0 saturated heterocycles. The van der Waals surface area contributed by atoms with E-state index in [0.717, 1.165) is 66.1 Å². The van der Waals surface area contributed by atoms with E-state index in [1.807, 2.05) is 22.7 Å². The van der Waals surface area contributed by atoms with E-state index in [1.165, 1.54) is 6.33 Å². The van der Waals surface area contributed by atoms with E-state index >= 15 is 0 Å². The van der Waals surface area contributed by atoms with Gasteiger partial charge in [0.2, 0.25) is 5.91 Å². The molecule has 0 spiro atoms. The van der Waals surface area contributed by atoms with Gasteiger partial charge >= 0.3 is 0 Å². The number of imidazole rings is 1. The van der Waals surface area contributed by atoms with Crippen molar-refractivity contribution in [2.75, 3.05) is 19.4 Å². The lowest BCUT2D eigenvalue weighted by Crippen LogP contribution is -2.29. The maximum absolute atomic E-state index is 11.2. The van der Waals surface area contributed by atoms with Gasteiger partial charge in [-0.1, -0.05) is 12.1 Å². The number of methoxy groups -OCH3 is 1. The van der Waals surface area contributed by atoms with Gasteiger partial charge in [-0.05, 0) is 43.7 Å². The number of amides is 1. The fourth-order valence-corrected chi connectivity index (χ4v) is 4.77. The number of fused-ring (bicyclic) bond motifs is 2. The van der Waals surface area contributed by atoms with Crippen LogP contribution >= 0.6 is 0 Å². The molecular weight excluding hydrogens is 406 g/mol. The van der Waals surface area contributed by atoms with E-state index < -0.39 is 0 Å². The number of hydrogen-bond acceptors (Lipinski definition) is 6. The number of carbonyl (C=O) groups excluding carboxylic acids is 1. The van der Waals surface area contributed by atoms with Gasteiger partial charge in [0.1, 0.15) is 29.1 Å². The molecular formula is C23H27N7O2. The second-order valence-corrected chi connectivity index (χ2v) is 8.49. The molecule has 0 bridgehead atoms. The molecule has 9 heteroatoms. The van der Waals surface area contributed by atoms with Gasteiger partial charge in [-0.3, -0.25) is 4.79 Å². The Morgan fingerprint density at radius 2 is 2.12 bits per heavy atom. The van der Waals surface area contributed by atoms with Crippen molar-refractivity contribution >= 4 is 28.1 Å². The minimum absolute atomic E-state index is 0.0261. The second-order valence-electron chi connectivity index (χ2n) is 8.49. The minimum Gasteiger partial charge on any atom is -0.495 e. The molecule has 5 rings (SSSR count). The van der Waals surface area contributed by atoms with Crippen LogP contribution in [0.15, 0.2) is 30.6 Å². The fraction of sp³-hybridized carbons (Fsp3) is 0.391. The zero-order valence-corrected chi connectivity index (χ0v) is 18.3. The lowest BCUT2D eigenvalue weighted by Gasteiger charge is -2.27. The highest BCUT2D eigenvalue weighted by molar-refractivity contribution is 5.93. The molecule has 4 aromatic rings. The molecule has 32 heavy (non-hydrogen) atoms. The summed E-state index contributed by atoms with van der Waals surface area (Å²) in [7, 11) is 1.66. The van der Waals surface area contributed by atoms with Crippen molar-refractivity contribution in [3.63, 3.8) is 0 Å². The number of H-pyrrole nitrogens is 1. The molecule has 0 radical (unpaired) electrons. The fourth-order valence-electron chi connectivity index (χ4n) is 4.77. The summed E-state index contributed by atoms with van der Waals surface area (Å²) in [5, 5.41) is 8.48. The summed E-state index contributed by atoms with van der Waals surface area (Å²) < 4.78 is 7.35. The molecule has 0 atom stereocenters. The Kier molecular flexibility index (Phi) is 5.16. The Morgan fingerprint density at radius 1 is 1.31 bits per heavy atom. The highest BCUT2D eigenvalue weighted by atomic mass is 16.5. The molecule has 1 amide bonds. The van der Waals surface area contributed by atoms with Gasteiger partial charge in [0.15, 0.2) is 5.82 Å². The Morgan fingerprint density at radius 3 is 2.88 bits per heavy atom. The van der Waals surface area contributed by atoms with E-state index in [1.54, 1.807) is 14.0 Å². The number of nitrogens with two attached hydrogens (primary N) is 1. The van der Waals surface area contributed by atoms with Gasteiger partial charge in [0.25, 0.3) is 0 Å². The van der Waals surface area contributed by atoms with Crippen LogP contribution in [0, 0.1) is 5.92 Å². The van der Waals surface area contributed by atoms with Crippen LogP contribution in [-0.4, -0.2) is 44.1 Å². The molecule has 0 unspecified atom stereocenters.